The molecule has 3 aromatic carbocycles. The molecule has 4 heteroatoms. The van der Waals surface area contributed by atoms with Crippen LogP contribution in [-0.4, -0.2) is 0 Å². The number of benzene rings is 3. The van der Waals surface area contributed by atoms with Crippen LogP contribution in [0.1, 0.15) is 11.1 Å². The molecule has 122 valence electrons. The van der Waals surface area contributed by atoms with E-state index in [1.165, 1.54) is 0 Å². The number of hydrogen-bond donors (Lipinski definition) is 4. The molecule has 0 saturated heterocycles. The Hall–Kier alpha value is -2.82. The van der Waals surface area contributed by atoms with Crippen LogP contribution in [0.15, 0.2) is 72.8 Å². The molecule has 0 aromatic heterocycles. The second-order valence-electron chi connectivity index (χ2n) is 5.60. The number of rotatable bonds is 6. The van der Waals surface area contributed by atoms with Crippen molar-refractivity contribution in [2.24, 2.45) is 11.5 Å². The van der Waals surface area contributed by atoms with Crippen LogP contribution in [-0.2, 0) is 13.1 Å². The molecule has 3 aromatic rings. The highest BCUT2D eigenvalue weighted by atomic mass is 15.0. The van der Waals surface area contributed by atoms with Crippen molar-refractivity contribution in [3.63, 3.8) is 0 Å². The van der Waals surface area contributed by atoms with Crippen molar-refractivity contribution in [3.05, 3.63) is 83.9 Å². The molecule has 0 fully saturated rings. The molecule has 0 spiro atoms. The van der Waals surface area contributed by atoms with E-state index in [-0.39, 0.29) is 0 Å². The van der Waals surface area contributed by atoms with Gasteiger partial charge in [-0.3, -0.25) is 0 Å². The quantitative estimate of drug-likeness (QED) is 0.552. The molecule has 0 aliphatic rings. The predicted molar refractivity (Wildman–Crippen MR) is 102 cm³/mol. The van der Waals surface area contributed by atoms with Gasteiger partial charge in [0.25, 0.3) is 0 Å². The smallest absolute Gasteiger partial charge is 0.0623 e. The highest BCUT2D eigenvalue weighted by molar-refractivity contribution is 5.78. The molecule has 0 aliphatic carbocycles. The molecule has 24 heavy (non-hydrogen) atoms. The lowest BCUT2D eigenvalue weighted by Gasteiger charge is -2.15. The Morgan fingerprint density at radius 2 is 1.04 bits per heavy atom. The van der Waals surface area contributed by atoms with E-state index in [0.29, 0.717) is 13.1 Å². The van der Waals surface area contributed by atoms with Gasteiger partial charge in [-0.25, -0.2) is 0 Å². The molecule has 0 heterocycles. The van der Waals surface area contributed by atoms with Gasteiger partial charge in [-0.15, -0.1) is 0 Å². The zero-order chi connectivity index (χ0) is 16.8. The third-order valence-corrected chi connectivity index (χ3v) is 3.81. The van der Waals surface area contributed by atoms with Gasteiger partial charge >= 0.3 is 0 Å². The largest absolute Gasteiger partial charge is 0.354 e. The van der Waals surface area contributed by atoms with Gasteiger partial charge in [-0.2, -0.15) is 0 Å². The Kier molecular flexibility index (Phi) is 5.11. The highest BCUT2D eigenvalue weighted by Crippen LogP contribution is 2.28. The van der Waals surface area contributed by atoms with E-state index in [0.717, 1.165) is 33.9 Å². The first-order valence-electron chi connectivity index (χ1n) is 7.99. The van der Waals surface area contributed by atoms with Crippen molar-refractivity contribution in [1.82, 2.24) is 0 Å². The Labute approximate surface area is 142 Å². The Morgan fingerprint density at radius 3 is 1.46 bits per heavy atom. The van der Waals surface area contributed by atoms with E-state index in [4.69, 9.17) is 11.5 Å². The molecule has 0 atom stereocenters. The summed E-state index contributed by atoms with van der Waals surface area (Å²) in [7, 11) is 0. The van der Waals surface area contributed by atoms with Gasteiger partial charge in [0.15, 0.2) is 0 Å². The maximum Gasteiger partial charge on any atom is 0.0623 e. The molecule has 3 rings (SSSR count). The zero-order valence-electron chi connectivity index (χ0n) is 13.5. The van der Waals surface area contributed by atoms with Gasteiger partial charge in [0.1, 0.15) is 0 Å². The van der Waals surface area contributed by atoms with Gasteiger partial charge in [0.2, 0.25) is 0 Å². The van der Waals surface area contributed by atoms with E-state index in [9.17, 15) is 0 Å². The van der Waals surface area contributed by atoms with Crippen molar-refractivity contribution < 1.29 is 0 Å². The fourth-order valence-corrected chi connectivity index (χ4v) is 2.56. The van der Waals surface area contributed by atoms with Crippen LogP contribution in [0.5, 0.6) is 0 Å². The Balaban J connectivity index is 1.84. The standard InChI is InChI=1S/C20H22N4/c21-13-15-5-3-7-17(11-15)23-19-9-1-2-10-20(19)24-18-8-4-6-16(12-18)14-22/h1-12,23-24H,13-14,21-22H2. The van der Waals surface area contributed by atoms with Gasteiger partial charge in [0.05, 0.1) is 11.4 Å². The summed E-state index contributed by atoms with van der Waals surface area (Å²) in [5.74, 6) is 0. The number of nitrogens with one attached hydrogen (secondary N) is 2. The molecule has 6 N–H and O–H groups in total. The summed E-state index contributed by atoms with van der Waals surface area (Å²) in [6.07, 6.45) is 0. The topological polar surface area (TPSA) is 76.1 Å². The second kappa shape index (κ2) is 7.64. The van der Waals surface area contributed by atoms with Gasteiger partial charge < -0.3 is 22.1 Å². The maximum absolute atomic E-state index is 5.72. The number of hydrogen-bond acceptors (Lipinski definition) is 4. The normalized spacial score (nSPS) is 10.4. The van der Waals surface area contributed by atoms with Crippen molar-refractivity contribution in [2.75, 3.05) is 10.6 Å². The number of para-hydroxylation sites is 2. The van der Waals surface area contributed by atoms with Crippen LogP contribution in [0.4, 0.5) is 22.7 Å². The molecule has 0 saturated carbocycles. The summed E-state index contributed by atoms with van der Waals surface area (Å²) < 4.78 is 0. The minimum Gasteiger partial charge on any atom is -0.354 e. The molecule has 0 radical (unpaired) electrons. The number of nitrogens with two attached hydrogens (primary N) is 2. The number of anilines is 4. The van der Waals surface area contributed by atoms with E-state index in [2.05, 4.69) is 22.8 Å². The van der Waals surface area contributed by atoms with Crippen LogP contribution >= 0.6 is 0 Å². The lowest BCUT2D eigenvalue weighted by Crippen LogP contribution is -2.01. The Morgan fingerprint density at radius 1 is 0.583 bits per heavy atom. The van der Waals surface area contributed by atoms with Crippen molar-refractivity contribution in [3.8, 4) is 0 Å². The first-order valence-corrected chi connectivity index (χ1v) is 7.99. The maximum atomic E-state index is 5.72. The first kappa shape index (κ1) is 16.1. The molecular formula is C20H22N4. The molecule has 4 nitrogen and oxygen atoms in total. The lowest BCUT2D eigenvalue weighted by atomic mass is 10.1. The Bertz CT molecular complexity index is 745. The van der Waals surface area contributed by atoms with Gasteiger partial charge in [-0.1, -0.05) is 36.4 Å². The zero-order valence-corrected chi connectivity index (χ0v) is 13.5. The van der Waals surface area contributed by atoms with Gasteiger partial charge in [-0.05, 0) is 47.5 Å². The van der Waals surface area contributed by atoms with Crippen LogP contribution in [0.3, 0.4) is 0 Å². The average molecular weight is 318 g/mol. The monoisotopic (exact) mass is 318 g/mol. The fraction of sp³-hybridized carbons (Fsp3) is 0.100. The summed E-state index contributed by atoms with van der Waals surface area (Å²) in [4.78, 5) is 0. The second-order valence-corrected chi connectivity index (χ2v) is 5.60. The molecule has 0 aliphatic heterocycles. The third kappa shape index (κ3) is 3.93. The van der Waals surface area contributed by atoms with Crippen LogP contribution in [0.2, 0.25) is 0 Å². The van der Waals surface area contributed by atoms with E-state index in [1.54, 1.807) is 0 Å². The third-order valence-electron chi connectivity index (χ3n) is 3.81. The highest BCUT2D eigenvalue weighted by Gasteiger charge is 2.04. The van der Waals surface area contributed by atoms with E-state index in [1.807, 2.05) is 60.7 Å². The van der Waals surface area contributed by atoms with E-state index < -0.39 is 0 Å². The summed E-state index contributed by atoms with van der Waals surface area (Å²) in [5.41, 5.74) is 17.7. The molecule has 0 bridgehead atoms. The van der Waals surface area contributed by atoms with Crippen LogP contribution < -0.4 is 22.1 Å². The van der Waals surface area contributed by atoms with Crippen molar-refractivity contribution >= 4 is 22.7 Å². The van der Waals surface area contributed by atoms with Gasteiger partial charge in [0, 0.05) is 24.5 Å². The summed E-state index contributed by atoms with van der Waals surface area (Å²) in [6.45, 7) is 1.06. The van der Waals surface area contributed by atoms with Crippen LogP contribution in [0.25, 0.3) is 0 Å². The summed E-state index contributed by atoms with van der Waals surface area (Å²) in [5, 5.41) is 6.91. The van der Waals surface area contributed by atoms with E-state index >= 15 is 0 Å². The first-order chi connectivity index (χ1) is 11.8. The fourth-order valence-electron chi connectivity index (χ4n) is 2.56. The van der Waals surface area contributed by atoms with Crippen LogP contribution in [0, 0.1) is 0 Å². The van der Waals surface area contributed by atoms with Crippen molar-refractivity contribution in [1.29, 1.82) is 0 Å². The molecular weight excluding hydrogens is 296 g/mol. The predicted octanol–water partition coefficient (Wildman–Crippen LogP) is 4.09. The molecule has 0 amide bonds. The summed E-state index contributed by atoms with van der Waals surface area (Å²) in [6, 6.07) is 24.4. The lowest BCUT2D eigenvalue weighted by molar-refractivity contribution is 1.07. The summed E-state index contributed by atoms with van der Waals surface area (Å²) >= 11 is 0. The molecule has 0 unspecified atom stereocenters. The minimum atomic E-state index is 0.529. The SMILES string of the molecule is NCc1cccc(Nc2ccccc2Nc2cccc(CN)c2)c1. The van der Waals surface area contributed by atoms with Crippen molar-refractivity contribution in [2.45, 2.75) is 13.1 Å². The average Bonchev–Trinajstić information content (AvgIpc) is 2.64. The minimum absolute atomic E-state index is 0.529.